The SMILES string of the molecule is O.O=C(O[O-])c1ccccc1C(=O)O[O-].[Mg+2]. The first-order valence-electron chi connectivity index (χ1n) is 3.48. The van der Waals surface area contributed by atoms with Gasteiger partial charge in [-0.05, 0) is 12.1 Å². The molecule has 0 fully saturated rings. The van der Waals surface area contributed by atoms with Crippen LogP contribution in [0.4, 0.5) is 0 Å². The van der Waals surface area contributed by atoms with E-state index in [2.05, 4.69) is 9.78 Å². The van der Waals surface area contributed by atoms with E-state index in [1.807, 2.05) is 0 Å². The van der Waals surface area contributed by atoms with Gasteiger partial charge in [0.15, 0.2) is 0 Å². The first-order valence-corrected chi connectivity index (χ1v) is 3.48. The van der Waals surface area contributed by atoms with E-state index in [9.17, 15) is 20.1 Å². The molecule has 0 spiro atoms. The summed E-state index contributed by atoms with van der Waals surface area (Å²) in [6, 6.07) is 5.17. The standard InChI is InChI=1S/C8H6O6.Mg.H2O/c9-7(13-11)5-3-1-2-4-6(5)8(10)14-12;;/h1-4,11-12H;;1H2/q;+2;/p-2. The molecule has 8 heteroatoms. The van der Waals surface area contributed by atoms with Gasteiger partial charge in [-0.1, -0.05) is 12.1 Å². The van der Waals surface area contributed by atoms with Crippen LogP contribution in [0, 0.1) is 0 Å². The van der Waals surface area contributed by atoms with Gasteiger partial charge in [0, 0.05) is 0 Å². The fourth-order valence-corrected chi connectivity index (χ4v) is 0.929. The van der Waals surface area contributed by atoms with Crippen LogP contribution < -0.4 is 10.5 Å². The Hall–Kier alpha value is -1.19. The van der Waals surface area contributed by atoms with Crippen LogP contribution in [0.3, 0.4) is 0 Å². The van der Waals surface area contributed by atoms with Crippen molar-refractivity contribution in [1.82, 2.24) is 0 Å². The van der Waals surface area contributed by atoms with E-state index in [4.69, 9.17) is 0 Å². The summed E-state index contributed by atoms with van der Waals surface area (Å²) in [6.45, 7) is 0. The van der Waals surface area contributed by atoms with Gasteiger partial charge in [0.05, 0.1) is 11.1 Å². The summed E-state index contributed by atoms with van der Waals surface area (Å²) in [7, 11) is 0. The fourth-order valence-electron chi connectivity index (χ4n) is 0.929. The maximum absolute atomic E-state index is 10.8. The average molecular weight is 238 g/mol. The third-order valence-corrected chi connectivity index (χ3v) is 1.52. The molecule has 0 aliphatic carbocycles. The van der Waals surface area contributed by atoms with E-state index < -0.39 is 11.9 Å². The number of hydrogen-bond acceptors (Lipinski definition) is 6. The molecule has 1 aromatic rings. The summed E-state index contributed by atoms with van der Waals surface area (Å²) in [5, 5.41) is 19.6. The normalized spacial score (nSPS) is 8.12. The predicted molar refractivity (Wildman–Crippen MR) is 46.6 cm³/mol. The molecule has 0 radical (unpaired) electrons. The van der Waals surface area contributed by atoms with E-state index in [-0.39, 0.29) is 39.7 Å². The van der Waals surface area contributed by atoms with Gasteiger partial charge in [-0.2, -0.15) is 0 Å². The van der Waals surface area contributed by atoms with Gasteiger partial charge in [-0.15, -0.1) is 0 Å². The molecular weight excluding hydrogens is 232 g/mol. The first kappa shape index (κ1) is 17.2. The summed E-state index contributed by atoms with van der Waals surface area (Å²) in [5.74, 6) is -2.49. The number of hydrogen-bond donors (Lipinski definition) is 0. The third-order valence-electron chi connectivity index (χ3n) is 1.52. The van der Waals surface area contributed by atoms with Crippen molar-refractivity contribution < 1.29 is 35.4 Å². The fraction of sp³-hybridized carbons (Fsp3) is 0. The molecule has 0 unspecified atom stereocenters. The zero-order valence-corrected chi connectivity index (χ0v) is 9.38. The van der Waals surface area contributed by atoms with Crippen LogP contribution in [-0.2, 0) is 9.78 Å². The predicted octanol–water partition coefficient (Wildman–Crippen LogP) is -2.65. The number of carbonyl (C=O) groups is 2. The van der Waals surface area contributed by atoms with Crippen LogP contribution in [-0.4, -0.2) is 40.5 Å². The van der Waals surface area contributed by atoms with Crippen molar-refractivity contribution in [3.63, 3.8) is 0 Å². The number of carbonyl (C=O) groups excluding carboxylic acids is 2. The Labute approximate surface area is 106 Å². The minimum atomic E-state index is -1.24. The van der Waals surface area contributed by atoms with Crippen molar-refractivity contribution >= 4 is 35.0 Å². The van der Waals surface area contributed by atoms with Crippen LogP contribution in [0.2, 0.25) is 0 Å². The first-order chi connectivity index (χ1) is 6.70. The third kappa shape index (κ3) is 3.75. The Balaban J connectivity index is 0. The molecule has 1 aromatic carbocycles. The smallest absolute Gasteiger partial charge is 0.661 e. The van der Waals surface area contributed by atoms with Crippen LogP contribution in [0.25, 0.3) is 0 Å². The van der Waals surface area contributed by atoms with Gasteiger partial charge in [0.25, 0.3) is 0 Å². The van der Waals surface area contributed by atoms with Crippen molar-refractivity contribution in [1.29, 1.82) is 0 Å². The van der Waals surface area contributed by atoms with E-state index in [0.717, 1.165) is 0 Å². The number of rotatable bonds is 2. The molecule has 0 saturated heterocycles. The number of benzene rings is 1. The van der Waals surface area contributed by atoms with Crippen LogP contribution >= 0.6 is 0 Å². The molecule has 1 rings (SSSR count). The Morgan fingerprint density at radius 1 is 0.938 bits per heavy atom. The molecule has 0 aromatic heterocycles. The Morgan fingerprint density at radius 2 is 1.25 bits per heavy atom. The molecule has 82 valence electrons. The molecule has 2 N–H and O–H groups in total. The van der Waals surface area contributed by atoms with Gasteiger partial charge >= 0.3 is 35.0 Å². The van der Waals surface area contributed by atoms with Gasteiger partial charge in [0.2, 0.25) is 0 Å². The van der Waals surface area contributed by atoms with E-state index in [1.165, 1.54) is 24.3 Å². The minimum Gasteiger partial charge on any atom is -0.661 e. The van der Waals surface area contributed by atoms with Gasteiger partial charge < -0.3 is 25.8 Å². The van der Waals surface area contributed by atoms with Gasteiger partial charge in [-0.25, -0.2) is 9.59 Å². The molecule has 0 amide bonds. The van der Waals surface area contributed by atoms with Crippen molar-refractivity contribution in [3.05, 3.63) is 35.4 Å². The molecule has 0 aliphatic rings. The molecule has 0 saturated carbocycles. The van der Waals surface area contributed by atoms with Crippen LogP contribution in [0.1, 0.15) is 20.7 Å². The quantitative estimate of drug-likeness (QED) is 0.314. The molecule has 0 bridgehead atoms. The zero-order chi connectivity index (χ0) is 10.6. The van der Waals surface area contributed by atoms with Gasteiger partial charge in [0.1, 0.15) is 0 Å². The molecule has 0 aliphatic heterocycles. The van der Waals surface area contributed by atoms with E-state index in [0.29, 0.717) is 0 Å². The maximum Gasteiger partial charge on any atom is 2.00 e. The molecular formula is C8H6MgO7. The molecule has 16 heavy (non-hydrogen) atoms. The van der Waals surface area contributed by atoms with Gasteiger partial charge in [-0.3, -0.25) is 0 Å². The second kappa shape index (κ2) is 8.02. The van der Waals surface area contributed by atoms with Crippen molar-refractivity contribution in [2.45, 2.75) is 0 Å². The zero-order valence-electron chi connectivity index (χ0n) is 7.97. The molecule has 7 nitrogen and oxygen atoms in total. The molecule has 0 heterocycles. The second-order valence-electron chi connectivity index (χ2n) is 2.29. The van der Waals surface area contributed by atoms with Crippen LogP contribution in [0.15, 0.2) is 24.3 Å². The van der Waals surface area contributed by atoms with Crippen molar-refractivity contribution in [3.8, 4) is 0 Å². The van der Waals surface area contributed by atoms with Crippen molar-refractivity contribution in [2.75, 3.05) is 0 Å². The van der Waals surface area contributed by atoms with E-state index >= 15 is 0 Å². The Kier molecular flexibility index (Phi) is 8.62. The van der Waals surface area contributed by atoms with E-state index in [1.54, 1.807) is 0 Å². The van der Waals surface area contributed by atoms with Crippen molar-refractivity contribution in [2.24, 2.45) is 0 Å². The Bertz CT molecular complexity index is 330. The minimum absolute atomic E-state index is 0. The monoisotopic (exact) mass is 238 g/mol. The summed E-state index contributed by atoms with van der Waals surface area (Å²) < 4.78 is 0. The van der Waals surface area contributed by atoms with Crippen LogP contribution in [0.5, 0.6) is 0 Å². The topological polar surface area (TPSA) is 130 Å². The second-order valence-corrected chi connectivity index (χ2v) is 2.29. The maximum atomic E-state index is 10.8. The summed E-state index contributed by atoms with van der Waals surface area (Å²) >= 11 is 0. The Morgan fingerprint density at radius 3 is 1.50 bits per heavy atom. The molecule has 0 atom stereocenters. The average Bonchev–Trinajstić information content (AvgIpc) is 2.27. The largest absolute Gasteiger partial charge is 2.00 e. The summed E-state index contributed by atoms with van der Waals surface area (Å²) in [4.78, 5) is 28.0. The summed E-state index contributed by atoms with van der Waals surface area (Å²) in [6.07, 6.45) is 0. The summed E-state index contributed by atoms with van der Waals surface area (Å²) in [5.41, 5.74) is -0.605.